The smallest absolute Gasteiger partial charge is 0.293 e. The van der Waals surface area contributed by atoms with Crippen molar-refractivity contribution in [1.29, 1.82) is 0 Å². The molecular weight excluding hydrogens is 448 g/mol. The molecule has 10 heteroatoms. The Morgan fingerprint density at radius 2 is 1.86 bits per heavy atom. The number of amides is 2. The van der Waals surface area contributed by atoms with Gasteiger partial charge in [0.2, 0.25) is 5.91 Å². The maximum absolute atomic E-state index is 13.0. The van der Waals surface area contributed by atoms with E-state index in [0.29, 0.717) is 44.1 Å². The van der Waals surface area contributed by atoms with Crippen molar-refractivity contribution in [3.05, 3.63) is 76.2 Å². The average Bonchev–Trinajstić information content (AvgIpc) is 3.37. The molecule has 1 atom stereocenters. The summed E-state index contributed by atoms with van der Waals surface area (Å²) in [6.07, 6.45) is 2.32. The fourth-order valence-electron chi connectivity index (χ4n) is 4.22. The first kappa shape index (κ1) is 23.9. The average molecular weight is 477 g/mol. The van der Waals surface area contributed by atoms with E-state index >= 15 is 0 Å². The summed E-state index contributed by atoms with van der Waals surface area (Å²) in [7, 11) is 0. The number of imidazole rings is 1. The fraction of sp³-hybridized carbons (Fsp3) is 0.320. The third kappa shape index (κ3) is 5.32. The fourth-order valence-corrected chi connectivity index (χ4v) is 4.22. The third-order valence-electron chi connectivity index (χ3n) is 6.22. The molecule has 2 amide bonds. The molecule has 4 rings (SSSR count). The summed E-state index contributed by atoms with van der Waals surface area (Å²) in [5.74, 6) is 0.198. The van der Waals surface area contributed by atoms with Crippen LogP contribution in [-0.2, 0) is 4.79 Å². The number of nitro groups is 1. The van der Waals surface area contributed by atoms with Crippen LogP contribution in [0.3, 0.4) is 0 Å². The summed E-state index contributed by atoms with van der Waals surface area (Å²) in [6, 6.07) is 13.9. The molecule has 0 spiro atoms. The zero-order valence-corrected chi connectivity index (χ0v) is 19.7. The summed E-state index contributed by atoms with van der Waals surface area (Å²) in [4.78, 5) is 47.2. The van der Waals surface area contributed by atoms with Gasteiger partial charge in [-0.25, -0.2) is 4.98 Å². The molecule has 1 aliphatic rings. The number of aromatic amines is 1. The number of benzene rings is 2. The van der Waals surface area contributed by atoms with E-state index < -0.39 is 10.8 Å². The van der Waals surface area contributed by atoms with Crippen molar-refractivity contribution >= 4 is 23.2 Å². The molecule has 3 aromatic rings. The van der Waals surface area contributed by atoms with Gasteiger partial charge in [0.15, 0.2) is 0 Å². The first-order valence-electron chi connectivity index (χ1n) is 11.6. The van der Waals surface area contributed by atoms with Crippen molar-refractivity contribution in [3.63, 3.8) is 0 Å². The molecule has 0 aliphatic carbocycles. The van der Waals surface area contributed by atoms with Gasteiger partial charge in [-0.05, 0) is 24.1 Å². The predicted molar refractivity (Wildman–Crippen MR) is 132 cm³/mol. The highest BCUT2D eigenvalue weighted by molar-refractivity contribution is 5.96. The Labute approximate surface area is 203 Å². The Morgan fingerprint density at radius 1 is 1.14 bits per heavy atom. The van der Waals surface area contributed by atoms with E-state index in [1.54, 1.807) is 23.2 Å². The van der Waals surface area contributed by atoms with Crippen LogP contribution >= 0.6 is 0 Å². The van der Waals surface area contributed by atoms with E-state index in [0.717, 1.165) is 11.3 Å². The lowest BCUT2D eigenvalue weighted by atomic mass is 10.1. The van der Waals surface area contributed by atoms with Crippen LogP contribution in [0.1, 0.15) is 42.5 Å². The molecule has 1 unspecified atom stereocenters. The van der Waals surface area contributed by atoms with E-state index in [2.05, 4.69) is 15.3 Å². The van der Waals surface area contributed by atoms with Gasteiger partial charge >= 0.3 is 0 Å². The van der Waals surface area contributed by atoms with Gasteiger partial charge in [0.05, 0.1) is 22.9 Å². The summed E-state index contributed by atoms with van der Waals surface area (Å²) in [5.41, 5.74) is 2.35. The number of piperazine rings is 1. The largest absolute Gasteiger partial charge is 0.362 e. The van der Waals surface area contributed by atoms with E-state index in [1.807, 2.05) is 42.2 Å². The number of carbonyl (C=O) groups is 2. The van der Waals surface area contributed by atoms with Gasteiger partial charge in [-0.3, -0.25) is 19.7 Å². The van der Waals surface area contributed by atoms with E-state index in [9.17, 15) is 19.7 Å². The van der Waals surface area contributed by atoms with Gasteiger partial charge in [-0.15, -0.1) is 0 Å². The molecule has 2 N–H and O–H groups in total. The monoisotopic (exact) mass is 476 g/mol. The van der Waals surface area contributed by atoms with Gasteiger partial charge in [0, 0.05) is 44.7 Å². The van der Waals surface area contributed by atoms with Crippen LogP contribution in [0, 0.1) is 10.1 Å². The zero-order chi connectivity index (χ0) is 24.9. The highest BCUT2D eigenvalue weighted by Crippen LogP contribution is 2.30. The number of rotatable bonds is 7. The van der Waals surface area contributed by atoms with Crippen molar-refractivity contribution in [2.45, 2.75) is 26.3 Å². The molecule has 10 nitrogen and oxygen atoms in total. The SMILES string of the molecule is CCC(NC(=O)c1ccc(N2CCN(C(C)=O)CC2)c([N+](=O)[O-])c1)c1ncc(-c2ccccc2)[nH]1. The van der Waals surface area contributed by atoms with Crippen LogP contribution < -0.4 is 10.2 Å². The third-order valence-corrected chi connectivity index (χ3v) is 6.22. The number of hydrogen-bond acceptors (Lipinski definition) is 6. The first-order valence-corrected chi connectivity index (χ1v) is 11.6. The Morgan fingerprint density at radius 3 is 2.49 bits per heavy atom. The summed E-state index contributed by atoms with van der Waals surface area (Å²) < 4.78 is 0. The quantitative estimate of drug-likeness (QED) is 0.397. The second-order valence-electron chi connectivity index (χ2n) is 8.44. The molecule has 2 aromatic carbocycles. The number of aromatic nitrogens is 2. The Balaban J connectivity index is 1.50. The predicted octanol–water partition coefficient (Wildman–Crippen LogP) is 3.53. The number of carbonyl (C=O) groups excluding carboxylic acids is 2. The van der Waals surface area contributed by atoms with Gasteiger partial charge in [0.1, 0.15) is 11.5 Å². The lowest BCUT2D eigenvalue weighted by Gasteiger charge is -2.35. The van der Waals surface area contributed by atoms with Crippen LogP contribution in [0.15, 0.2) is 54.7 Å². The number of nitrogens with zero attached hydrogens (tertiary/aromatic N) is 4. The Hall–Kier alpha value is -4.21. The molecule has 0 bridgehead atoms. The van der Waals surface area contributed by atoms with Crippen molar-refractivity contribution < 1.29 is 14.5 Å². The second kappa shape index (κ2) is 10.4. The normalized spacial score (nSPS) is 14.5. The van der Waals surface area contributed by atoms with Crippen molar-refractivity contribution in [1.82, 2.24) is 20.2 Å². The molecule has 2 heterocycles. The summed E-state index contributed by atoms with van der Waals surface area (Å²) in [5, 5.41) is 14.8. The molecule has 0 radical (unpaired) electrons. The topological polar surface area (TPSA) is 124 Å². The van der Waals surface area contributed by atoms with Crippen LogP contribution in [0.25, 0.3) is 11.3 Å². The zero-order valence-electron chi connectivity index (χ0n) is 19.7. The Bertz CT molecular complexity index is 1220. The number of H-pyrrole nitrogens is 1. The summed E-state index contributed by atoms with van der Waals surface area (Å²) in [6.45, 7) is 5.43. The molecule has 1 aliphatic heterocycles. The van der Waals surface area contributed by atoms with Crippen molar-refractivity contribution in [2.75, 3.05) is 31.1 Å². The van der Waals surface area contributed by atoms with Gasteiger partial charge < -0.3 is 20.1 Å². The van der Waals surface area contributed by atoms with Crippen LogP contribution in [0.4, 0.5) is 11.4 Å². The number of anilines is 1. The van der Waals surface area contributed by atoms with Crippen LogP contribution in [-0.4, -0.2) is 57.8 Å². The maximum atomic E-state index is 13.0. The highest BCUT2D eigenvalue weighted by Gasteiger charge is 2.26. The lowest BCUT2D eigenvalue weighted by molar-refractivity contribution is -0.384. The molecule has 1 saturated heterocycles. The second-order valence-corrected chi connectivity index (χ2v) is 8.44. The lowest BCUT2D eigenvalue weighted by Crippen LogP contribution is -2.48. The van der Waals surface area contributed by atoms with Crippen molar-refractivity contribution in [2.24, 2.45) is 0 Å². The Kier molecular flexibility index (Phi) is 7.09. The summed E-state index contributed by atoms with van der Waals surface area (Å²) >= 11 is 0. The molecule has 1 fully saturated rings. The van der Waals surface area contributed by atoms with Crippen molar-refractivity contribution in [3.8, 4) is 11.3 Å². The minimum Gasteiger partial charge on any atom is -0.362 e. The molecular formula is C25H28N6O4. The highest BCUT2D eigenvalue weighted by atomic mass is 16.6. The number of nitro benzene ring substituents is 1. The first-order chi connectivity index (χ1) is 16.9. The molecule has 182 valence electrons. The van der Waals surface area contributed by atoms with Crippen LogP contribution in [0.5, 0.6) is 0 Å². The van der Waals surface area contributed by atoms with E-state index in [4.69, 9.17) is 0 Å². The number of hydrogen-bond donors (Lipinski definition) is 2. The van der Waals surface area contributed by atoms with Gasteiger partial charge in [-0.1, -0.05) is 37.3 Å². The number of nitrogens with one attached hydrogen (secondary N) is 2. The minimum absolute atomic E-state index is 0.0101. The van der Waals surface area contributed by atoms with Gasteiger partial charge in [-0.2, -0.15) is 0 Å². The maximum Gasteiger partial charge on any atom is 0.293 e. The van der Waals surface area contributed by atoms with E-state index in [-0.39, 0.29) is 23.2 Å². The van der Waals surface area contributed by atoms with Gasteiger partial charge in [0.25, 0.3) is 11.6 Å². The molecule has 0 saturated carbocycles. The standard InChI is InChI=1S/C25H28N6O4/c1-3-20(24-26-16-21(27-24)18-7-5-4-6-8-18)28-25(33)19-9-10-22(23(15-19)31(34)35)30-13-11-29(12-14-30)17(2)32/h4-10,15-16,20H,3,11-14H2,1-2H3,(H,26,27)(H,28,33). The van der Waals surface area contributed by atoms with E-state index in [1.165, 1.54) is 13.0 Å². The molecule has 1 aromatic heterocycles. The minimum atomic E-state index is -0.473. The van der Waals surface area contributed by atoms with Crippen LogP contribution in [0.2, 0.25) is 0 Å². The molecule has 35 heavy (non-hydrogen) atoms.